The number of nitrogen functional groups attached to an aromatic ring is 1. The maximum Gasteiger partial charge on any atom is 0.268 e. The molecule has 1 aliphatic heterocycles. The minimum absolute atomic E-state index is 0.163. The summed E-state index contributed by atoms with van der Waals surface area (Å²) >= 11 is 0. The van der Waals surface area contributed by atoms with Gasteiger partial charge in [-0.1, -0.05) is 6.92 Å². The molecule has 0 unspecified atom stereocenters. The number of rotatable bonds is 6. The first kappa shape index (κ1) is 23.3. The highest BCUT2D eigenvalue weighted by Gasteiger charge is 2.39. The van der Waals surface area contributed by atoms with Gasteiger partial charge in [0, 0.05) is 30.4 Å². The lowest BCUT2D eigenvalue weighted by atomic mass is 9.97. The average Bonchev–Trinajstić information content (AvgIpc) is 3.45. The van der Waals surface area contributed by atoms with Gasteiger partial charge < -0.3 is 10.6 Å². The first-order valence-electron chi connectivity index (χ1n) is 11.7. The molecule has 1 saturated heterocycles. The van der Waals surface area contributed by atoms with Crippen molar-refractivity contribution < 1.29 is 13.2 Å². The molecule has 184 valence electrons. The van der Waals surface area contributed by atoms with Gasteiger partial charge in [-0.3, -0.25) is 4.79 Å². The Bertz CT molecular complexity index is 1400. The van der Waals surface area contributed by atoms with Gasteiger partial charge in [-0.2, -0.15) is 5.10 Å². The van der Waals surface area contributed by atoms with E-state index in [9.17, 15) is 13.2 Å². The molecule has 0 spiro atoms. The molecule has 0 aromatic carbocycles. The highest BCUT2D eigenvalue weighted by Crippen LogP contribution is 2.40. The van der Waals surface area contributed by atoms with Gasteiger partial charge in [0.25, 0.3) is 15.9 Å². The number of amides is 1. The summed E-state index contributed by atoms with van der Waals surface area (Å²) in [6, 6.07) is 8.03. The van der Waals surface area contributed by atoms with Crippen LogP contribution in [0.2, 0.25) is 0 Å². The van der Waals surface area contributed by atoms with E-state index >= 15 is 0 Å². The third-order valence-corrected chi connectivity index (χ3v) is 7.97. The molecule has 3 aromatic rings. The fourth-order valence-corrected chi connectivity index (χ4v) is 5.88. The zero-order valence-corrected chi connectivity index (χ0v) is 20.8. The topological polar surface area (TPSA) is 136 Å². The van der Waals surface area contributed by atoms with E-state index in [-0.39, 0.29) is 21.8 Å². The number of sulfonamides is 1. The fraction of sp³-hybridized carbons (Fsp3) is 0.417. The molecule has 0 radical (unpaired) electrons. The van der Waals surface area contributed by atoms with E-state index in [1.165, 1.54) is 18.3 Å². The Balaban J connectivity index is 1.54. The summed E-state index contributed by atoms with van der Waals surface area (Å²) in [5.74, 6) is 0.920. The van der Waals surface area contributed by atoms with Crippen molar-refractivity contribution in [3.05, 3.63) is 54.0 Å². The second-order valence-electron chi connectivity index (χ2n) is 10.1. The molecular weight excluding hydrogens is 466 g/mol. The quantitative estimate of drug-likeness (QED) is 0.533. The van der Waals surface area contributed by atoms with Gasteiger partial charge in [0.15, 0.2) is 5.82 Å². The van der Waals surface area contributed by atoms with Gasteiger partial charge in [-0.15, -0.1) is 0 Å². The molecule has 1 amide bonds. The molecule has 1 aliphatic carbocycles. The Morgan fingerprint density at radius 3 is 2.63 bits per heavy atom. The first-order valence-corrected chi connectivity index (χ1v) is 13.2. The Morgan fingerprint density at radius 2 is 1.97 bits per heavy atom. The third kappa shape index (κ3) is 4.47. The van der Waals surface area contributed by atoms with Crippen LogP contribution in [0.5, 0.6) is 0 Å². The number of anilines is 2. The van der Waals surface area contributed by atoms with Crippen molar-refractivity contribution in [2.45, 2.75) is 56.4 Å². The molecular formula is C24H29N7O3S. The lowest BCUT2D eigenvalue weighted by molar-refractivity contribution is 0.0981. The summed E-state index contributed by atoms with van der Waals surface area (Å²) in [5, 5.41) is 4.66. The van der Waals surface area contributed by atoms with Gasteiger partial charge in [0.05, 0.1) is 11.3 Å². The van der Waals surface area contributed by atoms with Crippen LogP contribution in [-0.2, 0) is 10.0 Å². The van der Waals surface area contributed by atoms with E-state index in [0.717, 1.165) is 25.0 Å². The predicted molar refractivity (Wildman–Crippen MR) is 132 cm³/mol. The average molecular weight is 496 g/mol. The predicted octanol–water partition coefficient (Wildman–Crippen LogP) is 2.87. The maximum absolute atomic E-state index is 13.3. The van der Waals surface area contributed by atoms with Crippen LogP contribution in [-0.4, -0.2) is 46.2 Å². The van der Waals surface area contributed by atoms with Crippen molar-refractivity contribution in [2.24, 2.45) is 5.92 Å². The van der Waals surface area contributed by atoms with E-state index in [0.29, 0.717) is 30.0 Å². The number of carbonyl (C=O) groups is 1. The molecule has 1 atom stereocenters. The SMILES string of the molecule is C[C@@H]1CN(c2nc(-n3ccc(C4CC4)n3)ccc2C(=O)NS(=O)(=O)c2cccnc2N)C(C)(C)C1. The number of hydrogen-bond donors (Lipinski definition) is 2. The number of hydrogen-bond acceptors (Lipinski definition) is 8. The van der Waals surface area contributed by atoms with Crippen LogP contribution in [0, 0.1) is 5.92 Å². The number of nitrogens with two attached hydrogens (primary N) is 1. The second kappa shape index (κ2) is 8.33. The smallest absolute Gasteiger partial charge is 0.268 e. The lowest BCUT2D eigenvalue weighted by Gasteiger charge is -2.34. The van der Waals surface area contributed by atoms with Gasteiger partial charge in [0.1, 0.15) is 16.5 Å². The summed E-state index contributed by atoms with van der Waals surface area (Å²) in [4.78, 5) is 23.8. The largest absolute Gasteiger partial charge is 0.383 e. The minimum atomic E-state index is -4.23. The van der Waals surface area contributed by atoms with E-state index in [2.05, 4.69) is 40.5 Å². The number of aromatic nitrogens is 4. The summed E-state index contributed by atoms with van der Waals surface area (Å²) in [7, 11) is -4.23. The van der Waals surface area contributed by atoms with Crippen LogP contribution >= 0.6 is 0 Å². The van der Waals surface area contributed by atoms with Crippen LogP contribution in [0.1, 0.15) is 62.0 Å². The van der Waals surface area contributed by atoms with Crippen LogP contribution in [0.15, 0.2) is 47.6 Å². The van der Waals surface area contributed by atoms with Crippen LogP contribution in [0.3, 0.4) is 0 Å². The molecule has 35 heavy (non-hydrogen) atoms. The monoisotopic (exact) mass is 495 g/mol. The molecule has 1 saturated carbocycles. The maximum atomic E-state index is 13.3. The molecule has 4 heterocycles. The first-order chi connectivity index (χ1) is 16.5. The van der Waals surface area contributed by atoms with Crippen molar-refractivity contribution >= 4 is 27.6 Å². The zero-order chi connectivity index (χ0) is 25.0. The van der Waals surface area contributed by atoms with Crippen molar-refractivity contribution in [1.82, 2.24) is 24.5 Å². The Kier molecular flexibility index (Phi) is 5.54. The number of pyridine rings is 2. The molecule has 10 nitrogen and oxygen atoms in total. The lowest BCUT2D eigenvalue weighted by Crippen LogP contribution is -2.41. The summed E-state index contributed by atoms with van der Waals surface area (Å²) in [6.07, 6.45) is 6.46. The standard InChI is InChI=1S/C24H29N7O3S/c1-15-13-24(2,3)30(14-15)22-17(23(32)29-35(33,34)19-5-4-11-26-21(19)25)8-9-20(27-22)31-12-10-18(28-31)16-6-7-16/h4-5,8-12,15-16H,6-7,13-14H2,1-3H3,(H2,25,26)(H,29,32)/t15-/m0/s1. The van der Waals surface area contributed by atoms with Gasteiger partial charge in [-0.05, 0) is 69.4 Å². The van der Waals surface area contributed by atoms with Crippen LogP contribution in [0.25, 0.3) is 5.82 Å². The van der Waals surface area contributed by atoms with Gasteiger partial charge in [0.2, 0.25) is 0 Å². The van der Waals surface area contributed by atoms with Crippen molar-refractivity contribution in [2.75, 3.05) is 17.2 Å². The molecule has 3 aromatic heterocycles. The molecule has 2 aliphatic rings. The molecule has 11 heteroatoms. The van der Waals surface area contributed by atoms with Crippen molar-refractivity contribution in [3.8, 4) is 5.82 Å². The number of nitrogens with zero attached hydrogens (tertiary/aromatic N) is 5. The van der Waals surface area contributed by atoms with E-state index in [4.69, 9.17) is 10.7 Å². The van der Waals surface area contributed by atoms with Crippen molar-refractivity contribution in [1.29, 1.82) is 0 Å². The molecule has 0 bridgehead atoms. The minimum Gasteiger partial charge on any atom is -0.383 e. The Labute approximate surface area is 204 Å². The van der Waals surface area contributed by atoms with Gasteiger partial charge >= 0.3 is 0 Å². The Morgan fingerprint density at radius 1 is 1.20 bits per heavy atom. The summed E-state index contributed by atoms with van der Waals surface area (Å²) in [6.45, 7) is 7.03. The highest BCUT2D eigenvalue weighted by atomic mass is 32.2. The van der Waals surface area contributed by atoms with Crippen LogP contribution < -0.4 is 15.4 Å². The van der Waals surface area contributed by atoms with Gasteiger partial charge in [-0.25, -0.2) is 27.8 Å². The fourth-order valence-electron chi connectivity index (χ4n) is 4.83. The second-order valence-corrected chi connectivity index (χ2v) is 11.7. The van der Waals surface area contributed by atoms with Crippen molar-refractivity contribution in [3.63, 3.8) is 0 Å². The zero-order valence-electron chi connectivity index (χ0n) is 20.0. The highest BCUT2D eigenvalue weighted by molar-refractivity contribution is 7.90. The summed E-state index contributed by atoms with van der Waals surface area (Å²) < 4.78 is 29.7. The third-order valence-electron chi connectivity index (χ3n) is 6.59. The normalized spacial score (nSPS) is 19.6. The number of nitrogens with one attached hydrogen (secondary N) is 1. The molecule has 5 rings (SSSR count). The summed E-state index contributed by atoms with van der Waals surface area (Å²) in [5.41, 5.74) is 6.67. The molecule has 2 fully saturated rings. The number of carbonyl (C=O) groups excluding carboxylic acids is 1. The van der Waals surface area contributed by atoms with E-state index < -0.39 is 15.9 Å². The van der Waals surface area contributed by atoms with E-state index in [1.807, 2.05) is 12.3 Å². The Hall–Kier alpha value is -3.47. The van der Waals surface area contributed by atoms with Crippen LogP contribution in [0.4, 0.5) is 11.6 Å². The van der Waals surface area contributed by atoms with E-state index in [1.54, 1.807) is 16.8 Å². The molecule has 3 N–H and O–H groups in total.